The second-order valence-corrected chi connectivity index (χ2v) is 5.29. The molecular weight excluding hydrogens is 429 g/mol. The van der Waals surface area contributed by atoms with Gasteiger partial charge in [0.25, 0.3) is 0 Å². The van der Waals surface area contributed by atoms with Gasteiger partial charge >= 0.3 is 0 Å². The molecule has 6 heteroatoms. The van der Waals surface area contributed by atoms with Crippen molar-refractivity contribution in [2.24, 2.45) is 4.99 Å². The molecule has 0 unspecified atom stereocenters. The van der Waals surface area contributed by atoms with E-state index in [1.807, 2.05) is 55.5 Å². The van der Waals surface area contributed by atoms with Crippen LogP contribution in [0.1, 0.15) is 23.6 Å². The first-order valence-corrected chi connectivity index (χ1v) is 8.10. The van der Waals surface area contributed by atoms with Crippen LogP contribution in [0.4, 0.5) is 0 Å². The molecule has 0 radical (unpaired) electrons. The minimum Gasteiger partial charge on any atom is -0.496 e. The number of rotatable bonds is 7. The van der Waals surface area contributed by atoms with Crippen molar-refractivity contribution in [3.63, 3.8) is 0 Å². The number of methoxy groups -OCH3 is 1. The van der Waals surface area contributed by atoms with Crippen molar-refractivity contribution >= 4 is 29.9 Å². The predicted molar refractivity (Wildman–Crippen MR) is 112 cm³/mol. The molecule has 25 heavy (non-hydrogen) atoms. The molecule has 0 saturated carbocycles. The van der Waals surface area contributed by atoms with Gasteiger partial charge < -0.3 is 20.5 Å². The van der Waals surface area contributed by atoms with Crippen molar-refractivity contribution in [3.8, 4) is 5.75 Å². The number of aliphatic imine (C=N–C) groups is 1. The Morgan fingerprint density at radius 3 is 2.28 bits per heavy atom. The highest BCUT2D eigenvalue weighted by molar-refractivity contribution is 14.0. The van der Waals surface area contributed by atoms with Gasteiger partial charge in [-0.15, -0.1) is 24.0 Å². The molecule has 2 rings (SSSR count). The van der Waals surface area contributed by atoms with Crippen molar-refractivity contribution in [1.82, 2.24) is 10.6 Å². The first-order valence-electron chi connectivity index (χ1n) is 8.10. The van der Waals surface area contributed by atoms with Crippen LogP contribution in [0.2, 0.25) is 0 Å². The summed E-state index contributed by atoms with van der Waals surface area (Å²) >= 11 is 0. The van der Waals surface area contributed by atoms with Crippen LogP contribution in [-0.2, 0) is 19.7 Å². The molecule has 5 nitrogen and oxygen atoms in total. The van der Waals surface area contributed by atoms with E-state index >= 15 is 0 Å². The number of hydrogen-bond donors (Lipinski definition) is 3. The van der Waals surface area contributed by atoms with Crippen LogP contribution in [0, 0.1) is 0 Å². The minimum atomic E-state index is 0. The lowest BCUT2D eigenvalue weighted by Gasteiger charge is -2.13. The van der Waals surface area contributed by atoms with Gasteiger partial charge in [-0.1, -0.05) is 42.5 Å². The molecule has 2 aromatic carbocycles. The van der Waals surface area contributed by atoms with Crippen LogP contribution in [0.25, 0.3) is 0 Å². The highest BCUT2D eigenvalue weighted by Crippen LogP contribution is 2.17. The molecule has 0 aliphatic rings. The number of hydrogen-bond acceptors (Lipinski definition) is 3. The molecule has 3 N–H and O–H groups in total. The van der Waals surface area contributed by atoms with Crippen molar-refractivity contribution in [3.05, 3.63) is 65.2 Å². The van der Waals surface area contributed by atoms with E-state index in [2.05, 4.69) is 15.6 Å². The molecule has 0 heterocycles. The first kappa shape index (κ1) is 21.2. The van der Waals surface area contributed by atoms with Crippen LogP contribution >= 0.6 is 24.0 Å². The molecule has 136 valence electrons. The lowest BCUT2D eigenvalue weighted by Crippen LogP contribution is -2.37. The molecule has 0 atom stereocenters. The van der Waals surface area contributed by atoms with E-state index < -0.39 is 0 Å². The maximum atomic E-state index is 9.41. The van der Waals surface area contributed by atoms with E-state index in [4.69, 9.17) is 4.74 Å². The number of nitrogens with one attached hydrogen (secondary N) is 2. The van der Waals surface area contributed by atoms with E-state index in [9.17, 15) is 5.11 Å². The zero-order chi connectivity index (χ0) is 17.2. The highest BCUT2D eigenvalue weighted by Gasteiger charge is 2.04. The minimum absolute atomic E-state index is 0. The Balaban J connectivity index is 0.00000312. The lowest BCUT2D eigenvalue weighted by atomic mass is 10.1. The summed E-state index contributed by atoms with van der Waals surface area (Å²) in [5.41, 5.74) is 3.02. The van der Waals surface area contributed by atoms with Gasteiger partial charge in [0.05, 0.1) is 20.3 Å². The van der Waals surface area contributed by atoms with E-state index in [-0.39, 0.29) is 30.6 Å². The van der Waals surface area contributed by atoms with Gasteiger partial charge in [-0.05, 0) is 24.1 Å². The third kappa shape index (κ3) is 6.55. The summed E-state index contributed by atoms with van der Waals surface area (Å²) in [6, 6.07) is 15.7. The highest BCUT2D eigenvalue weighted by atomic mass is 127. The average Bonchev–Trinajstić information content (AvgIpc) is 2.64. The fourth-order valence-corrected chi connectivity index (χ4v) is 2.40. The van der Waals surface area contributed by atoms with Gasteiger partial charge in [0.15, 0.2) is 5.96 Å². The number of halogens is 1. The predicted octanol–water partition coefficient (Wildman–Crippen LogP) is 3.06. The maximum absolute atomic E-state index is 9.41. The number of aliphatic hydroxyl groups is 1. The molecule has 0 aromatic heterocycles. The number of guanidine groups is 1. The Hall–Kier alpha value is -1.80. The topological polar surface area (TPSA) is 65.9 Å². The molecule has 0 saturated heterocycles. The zero-order valence-electron chi connectivity index (χ0n) is 14.7. The normalized spacial score (nSPS) is 10.8. The van der Waals surface area contributed by atoms with Gasteiger partial charge in [0.1, 0.15) is 5.75 Å². The summed E-state index contributed by atoms with van der Waals surface area (Å²) in [7, 11) is 1.66. The van der Waals surface area contributed by atoms with Gasteiger partial charge in [0, 0.05) is 18.7 Å². The number of ether oxygens (including phenoxy) is 1. The van der Waals surface area contributed by atoms with Crippen molar-refractivity contribution in [2.45, 2.75) is 26.6 Å². The Morgan fingerprint density at radius 1 is 1.00 bits per heavy atom. The summed E-state index contributed by atoms with van der Waals surface area (Å²) in [4.78, 5) is 4.61. The molecule has 0 amide bonds. The Kier molecular flexibility index (Phi) is 9.94. The molecule has 0 aliphatic carbocycles. The van der Waals surface area contributed by atoms with Gasteiger partial charge in [-0.25, -0.2) is 4.99 Å². The third-order valence-electron chi connectivity index (χ3n) is 3.68. The second kappa shape index (κ2) is 11.7. The monoisotopic (exact) mass is 455 g/mol. The summed E-state index contributed by atoms with van der Waals surface area (Å²) in [5.74, 6) is 1.57. The van der Waals surface area contributed by atoms with Crippen LogP contribution < -0.4 is 15.4 Å². The number of aliphatic hydroxyl groups excluding tert-OH is 1. The van der Waals surface area contributed by atoms with Crippen molar-refractivity contribution in [1.29, 1.82) is 0 Å². The summed E-state index contributed by atoms with van der Waals surface area (Å²) in [6.45, 7) is 3.98. The van der Waals surface area contributed by atoms with Crippen LogP contribution in [-0.4, -0.2) is 24.7 Å². The number of nitrogens with zero attached hydrogens (tertiary/aromatic N) is 1. The van der Waals surface area contributed by atoms with Crippen molar-refractivity contribution < 1.29 is 9.84 Å². The molecular formula is C19H26IN3O2. The van der Waals surface area contributed by atoms with Crippen LogP contribution in [0.15, 0.2) is 53.5 Å². The van der Waals surface area contributed by atoms with Gasteiger partial charge in [-0.3, -0.25) is 0 Å². The fraction of sp³-hybridized carbons (Fsp3) is 0.316. The third-order valence-corrected chi connectivity index (χ3v) is 3.68. The number of benzene rings is 2. The average molecular weight is 455 g/mol. The summed E-state index contributed by atoms with van der Waals surface area (Å²) in [6.07, 6.45) is 0. The summed E-state index contributed by atoms with van der Waals surface area (Å²) < 4.78 is 5.36. The van der Waals surface area contributed by atoms with E-state index in [1.165, 1.54) is 0 Å². The molecule has 2 aromatic rings. The SMILES string of the molecule is CCNC(=NCc1ccccc1OC)NCc1ccccc1CO.I. The number of para-hydroxylation sites is 1. The van der Waals surface area contributed by atoms with Crippen LogP contribution in [0.5, 0.6) is 5.75 Å². The standard InChI is InChI=1S/C19H25N3O2.HI/c1-3-20-19(21-12-15-8-4-5-10-17(15)14-23)22-13-16-9-6-7-11-18(16)24-2;/h4-11,23H,3,12-14H2,1-2H3,(H2,20,21,22);1H. The second-order valence-electron chi connectivity index (χ2n) is 5.29. The quantitative estimate of drug-likeness (QED) is 0.341. The smallest absolute Gasteiger partial charge is 0.191 e. The fourth-order valence-electron chi connectivity index (χ4n) is 2.40. The molecule has 0 spiro atoms. The maximum Gasteiger partial charge on any atom is 0.191 e. The Labute approximate surface area is 166 Å². The van der Waals surface area contributed by atoms with Crippen LogP contribution in [0.3, 0.4) is 0 Å². The van der Waals surface area contributed by atoms with Gasteiger partial charge in [-0.2, -0.15) is 0 Å². The van der Waals surface area contributed by atoms with E-state index in [1.54, 1.807) is 7.11 Å². The largest absolute Gasteiger partial charge is 0.496 e. The first-order chi connectivity index (χ1) is 11.8. The van der Waals surface area contributed by atoms with Crippen molar-refractivity contribution in [2.75, 3.05) is 13.7 Å². The Morgan fingerprint density at radius 2 is 1.64 bits per heavy atom. The van der Waals surface area contributed by atoms with E-state index in [0.29, 0.717) is 13.1 Å². The van der Waals surface area contributed by atoms with E-state index in [0.717, 1.165) is 34.9 Å². The summed E-state index contributed by atoms with van der Waals surface area (Å²) in [5, 5.41) is 15.9. The zero-order valence-corrected chi connectivity index (χ0v) is 17.0. The molecule has 0 aliphatic heterocycles. The molecule has 0 fully saturated rings. The lowest BCUT2D eigenvalue weighted by molar-refractivity contribution is 0.280. The Bertz CT molecular complexity index is 677. The van der Waals surface area contributed by atoms with Gasteiger partial charge in [0.2, 0.25) is 0 Å². The molecule has 0 bridgehead atoms.